The Morgan fingerprint density at radius 3 is 3.18 bits per heavy atom. The fraction of sp³-hybridized carbons (Fsp3) is 0.500. The van der Waals surface area contributed by atoms with Crippen molar-refractivity contribution in [3.8, 4) is 5.88 Å². The second kappa shape index (κ2) is 5.22. The topological polar surface area (TPSA) is 75.5 Å². The summed E-state index contributed by atoms with van der Waals surface area (Å²) in [7, 11) is 1.52. The van der Waals surface area contributed by atoms with Crippen LogP contribution in [0.15, 0.2) is 12.4 Å². The third-order valence-corrected chi connectivity index (χ3v) is 3.57. The molecule has 0 spiro atoms. The first kappa shape index (κ1) is 12.0. The number of carboxylic acid groups (broad SMARTS) is 1. The predicted molar refractivity (Wildman–Crippen MR) is 64.7 cm³/mol. The molecule has 1 aromatic heterocycles. The van der Waals surface area contributed by atoms with E-state index in [1.165, 1.54) is 13.4 Å². The molecule has 1 aromatic rings. The van der Waals surface area contributed by atoms with E-state index >= 15 is 0 Å². The van der Waals surface area contributed by atoms with Gasteiger partial charge in [0.2, 0.25) is 5.88 Å². The average Bonchev–Trinajstić information content (AvgIpc) is 2.39. The molecule has 1 unspecified atom stereocenters. The van der Waals surface area contributed by atoms with Crippen LogP contribution in [-0.4, -0.2) is 52.2 Å². The Morgan fingerprint density at radius 1 is 1.65 bits per heavy atom. The molecular weight excluding hydrogens is 242 g/mol. The number of nitrogens with zero attached hydrogens (tertiary/aromatic N) is 3. The quantitative estimate of drug-likeness (QED) is 0.842. The van der Waals surface area contributed by atoms with Crippen LogP contribution in [0.2, 0.25) is 0 Å². The van der Waals surface area contributed by atoms with Gasteiger partial charge in [0, 0.05) is 24.1 Å². The van der Waals surface area contributed by atoms with Gasteiger partial charge in [-0.3, -0.25) is 0 Å². The van der Waals surface area contributed by atoms with Gasteiger partial charge >= 0.3 is 5.97 Å². The summed E-state index contributed by atoms with van der Waals surface area (Å²) in [5.74, 6) is 1.69. The maximum Gasteiger partial charge on any atom is 0.327 e. The number of hydrogen-bond acceptors (Lipinski definition) is 6. The van der Waals surface area contributed by atoms with Crippen molar-refractivity contribution in [3.05, 3.63) is 12.4 Å². The number of aliphatic carboxylic acids is 1. The molecule has 2 heterocycles. The van der Waals surface area contributed by atoms with E-state index in [9.17, 15) is 4.79 Å². The maximum atomic E-state index is 11.2. The number of ether oxygens (including phenoxy) is 1. The van der Waals surface area contributed by atoms with Crippen molar-refractivity contribution in [2.75, 3.05) is 30.1 Å². The van der Waals surface area contributed by atoms with Crippen LogP contribution >= 0.6 is 11.8 Å². The fourth-order valence-electron chi connectivity index (χ4n) is 1.68. The molecule has 7 heteroatoms. The lowest BCUT2D eigenvalue weighted by atomic mass is 10.2. The zero-order valence-corrected chi connectivity index (χ0v) is 10.2. The van der Waals surface area contributed by atoms with Gasteiger partial charge in [-0.2, -0.15) is 11.8 Å². The normalized spacial score (nSPS) is 20.1. The predicted octanol–water partition coefficient (Wildman–Crippen LogP) is 0.492. The number of anilines is 1. The van der Waals surface area contributed by atoms with Gasteiger partial charge in [0.25, 0.3) is 0 Å². The fourth-order valence-corrected chi connectivity index (χ4v) is 2.72. The van der Waals surface area contributed by atoms with Gasteiger partial charge in [-0.25, -0.2) is 14.8 Å². The maximum absolute atomic E-state index is 11.2. The number of rotatable bonds is 3. The summed E-state index contributed by atoms with van der Waals surface area (Å²) >= 11 is 1.64. The Labute approximate surface area is 103 Å². The second-order valence-corrected chi connectivity index (χ2v) is 4.69. The first-order valence-electron chi connectivity index (χ1n) is 5.15. The minimum atomic E-state index is -0.824. The molecule has 0 amide bonds. The summed E-state index contributed by atoms with van der Waals surface area (Å²) in [5, 5.41) is 9.17. The van der Waals surface area contributed by atoms with Crippen LogP contribution in [0.5, 0.6) is 5.88 Å². The van der Waals surface area contributed by atoms with Crippen molar-refractivity contribution in [3.63, 3.8) is 0 Å². The lowest BCUT2D eigenvalue weighted by Gasteiger charge is -2.33. The summed E-state index contributed by atoms with van der Waals surface area (Å²) in [6, 6.07) is 1.12. The molecule has 1 saturated heterocycles. The van der Waals surface area contributed by atoms with Crippen molar-refractivity contribution in [2.45, 2.75) is 6.04 Å². The van der Waals surface area contributed by atoms with E-state index in [1.54, 1.807) is 22.7 Å². The first-order valence-corrected chi connectivity index (χ1v) is 6.31. The van der Waals surface area contributed by atoms with Gasteiger partial charge in [-0.1, -0.05) is 0 Å². The van der Waals surface area contributed by atoms with Crippen molar-refractivity contribution < 1.29 is 14.6 Å². The lowest BCUT2D eigenvalue weighted by Crippen LogP contribution is -2.47. The lowest BCUT2D eigenvalue weighted by molar-refractivity contribution is -0.138. The molecule has 1 aliphatic heterocycles. The summed E-state index contributed by atoms with van der Waals surface area (Å²) in [6.45, 7) is 0.668. The van der Waals surface area contributed by atoms with E-state index in [1.807, 2.05) is 0 Å². The Morgan fingerprint density at radius 2 is 2.47 bits per heavy atom. The molecule has 0 aliphatic carbocycles. The van der Waals surface area contributed by atoms with E-state index in [4.69, 9.17) is 9.84 Å². The van der Waals surface area contributed by atoms with Crippen molar-refractivity contribution in [2.24, 2.45) is 0 Å². The zero-order chi connectivity index (χ0) is 12.3. The van der Waals surface area contributed by atoms with Crippen molar-refractivity contribution in [1.82, 2.24) is 9.97 Å². The molecule has 0 aromatic carbocycles. The summed E-state index contributed by atoms with van der Waals surface area (Å²) in [6.07, 6.45) is 1.38. The third-order valence-electron chi connectivity index (χ3n) is 2.54. The zero-order valence-electron chi connectivity index (χ0n) is 9.37. The monoisotopic (exact) mass is 255 g/mol. The van der Waals surface area contributed by atoms with Crippen LogP contribution in [0.4, 0.5) is 5.82 Å². The highest BCUT2D eigenvalue weighted by Crippen LogP contribution is 2.24. The highest BCUT2D eigenvalue weighted by molar-refractivity contribution is 7.99. The van der Waals surface area contributed by atoms with E-state index in [-0.39, 0.29) is 0 Å². The molecule has 6 nitrogen and oxygen atoms in total. The van der Waals surface area contributed by atoms with Crippen LogP contribution in [0, 0.1) is 0 Å². The Balaban J connectivity index is 2.26. The molecule has 1 fully saturated rings. The minimum Gasteiger partial charge on any atom is -0.481 e. The van der Waals surface area contributed by atoms with Gasteiger partial charge in [-0.15, -0.1) is 0 Å². The number of hydrogen-bond donors (Lipinski definition) is 1. The van der Waals surface area contributed by atoms with Crippen LogP contribution in [0.1, 0.15) is 0 Å². The van der Waals surface area contributed by atoms with Gasteiger partial charge in [-0.05, 0) is 0 Å². The van der Waals surface area contributed by atoms with Crippen molar-refractivity contribution in [1.29, 1.82) is 0 Å². The SMILES string of the molecule is COc1cc(N2CCSCC2C(=O)O)ncn1. The summed E-state index contributed by atoms with van der Waals surface area (Å²) in [4.78, 5) is 21.0. The van der Waals surface area contributed by atoms with Crippen LogP contribution < -0.4 is 9.64 Å². The van der Waals surface area contributed by atoms with Crippen molar-refractivity contribution >= 4 is 23.5 Å². The molecule has 0 bridgehead atoms. The summed E-state index contributed by atoms with van der Waals surface area (Å²) in [5.41, 5.74) is 0. The van der Waals surface area contributed by atoms with Crippen LogP contribution in [0.25, 0.3) is 0 Å². The van der Waals surface area contributed by atoms with E-state index in [0.717, 1.165) is 5.75 Å². The standard InChI is InChI=1S/C10H13N3O3S/c1-16-9-4-8(11-6-12-9)13-2-3-17-5-7(13)10(14)15/h4,6-7H,2-3,5H2,1H3,(H,14,15). The van der Waals surface area contributed by atoms with Gasteiger partial charge in [0.15, 0.2) is 0 Å². The summed E-state index contributed by atoms with van der Waals surface area (Å²) < 4.78 is 5.01. The molecule has 2 rings (SSSR count). The molecule has 17 heavy (non-hydrogen) atoms. The molecule has 0 saturated carbocycles. The molecule has 0 radical (unpaired) electrons. The van der Waals surface area contributed by atoms with E-state index in [2.05, 4.69) is 9.97 Å². The molecular formula is C10H13N3O3S. The Kier molecular flexibility index (Phi) is 3.68. The molecule has 1 aliphatic rings. The van der Waals surface area contributed by atoms with Gasteiger partial charge < -0.3 is 14.7 Å². The largest absolute Gasteiger partial charge is 0.481 e. The minimum absolute atomic E-state index is 0.442. The van der Waals surface area contributed by atoms with Crippen LogP contribution in [-0.2, 0) is 4.79 Å². The molecule has 92 valence electrons. The van der Waals surface area contributed by atoms with E-state index < -0.39 is 12.0 Å². The number of aromatic nitrogens is 2. The first-order chi connectivity index (χ1) is 8.22. The van der Waals surface area contributed by atoms with E-state index in [0.29, 0.717) is 24.0 Å². The highest BCUT2D eigenvalue weighted by atomic mass is 32.2. The molecule has 1 N–H and O–H groups in total. The number of carboxylic acids is 1. The highest BCUT2D eigenvalue weighted by Gasteiger charge is 2.30. The second-order valence-electron chi connectivity index (χ2n) is 3.54. The molecule has 1 atom stereocenters. The number of thioether (sulfide) groups is 1. The van der Waals surface area contributed by atoms with Gasteiger partial charge in [0.1, 0.15) is 18.2 Å². The number of methoxy groups -OCH3 is 1. The number of carbonyl (C=O) groups is 1. The smallest absolute Gasteiger partial charge is 0.327 e. The van der Waals surface area contributed by atoms with Gasteiger partial charge in [0.05, 0.1) is 7.11 Å². The average molecular weight is 255 g/mol. The third kappa shape index (κ3) is 2.60. The Hall–Kier alpha value is -1.50. The van der Waals surface area contributed by atoms with Crippen LogP contribution in [0.3, 0.4) is 0 Å². The Bertz CT molecular complexity index is 416.